The molecule has 6 N–H and O–H groups in total. The van der Waals surface area contributed by atoms with E-state index in [0.717, 1.165) is 60.8 Å². The van der Waals surface area contributed by atoms with Crippen molar-refractivity contribution >= 4 is 129 Å². The van der Waals surface area contributed by atoms with E-state index in [1.165, 1.54) is 199 Å². The number of nitrogens with one attached hydrogen (secondary N) is 2. The average molecular weight is 1740 g/mol. The number of ether oxygens (including phenoxy) is 2. The van der Waals surface area contributed by atoms with E-state index >= 15 is 0 Å². The van der Waals surface area contributed by atoms with Crippen molar-refractivity contribution in [2.24, 2.45) is 5.73 Å². The van der Waals surface area contributed by atoms with Gasteiger partial charge in [-0.3, -0.25) is 43.5 Å². The minimum absolute atomic E-state index is 0. The van der Waals surface area contributed by atoms with Crippen LogP contribution >= 0.6 is 60.1 Å². The second kappa shape index (κ2) is 46.2. The number of methoxy groups -OCH3 is 2. The fraction of sp³-hybridized carbons (Fsp3) is 0.663. The number of hydrogen-bond donors (Lipinski definition) is 5. The Balaban J connectivity index is 0.000000177. The standard InChI is InChI=1S/C30H42N4O4S.C29H40N4O4S.C24H31N3O3.C6H13NO2S.2ClH/c1-38-30(37)25(16-17-39-2)32-28(35)27-29(36)34(26-13-9-8-12-24(26)31-27)23-18-21-14-15-22(19-23)33(21)20-10-6-4-3-5-7-11-20;1-38-16-15-24(29(36)37)31-27(34)26-28(35)33(25-12-8-7-11-23(25)30-26)22-17-20-13-14-21(18-22)32(20)19-9-5-3-2-4-6-10-19;28-23-22(24(29)30)25-20-10-6-7-11-21(20)27(23)19-14-17-12-13-18(15-19)26(17)16-8-4-2-1-3-5-9-16;1-9-6(8)5(7)3-4-10-2;;/h8-9,12-13,20-23,25H,3-7,10-11,14-19H2,1-2H3,(H,32,35);7-8,11-12,19-22,24H,2-6,9-10,13-18H2,1H3,(H,31,34)(H,36,37);6-7,10-11,16-19H,1-5,8-9,12-15H2,(H,29,30);5H,3-4,7H2,1-2H3;2*1H/t21-,22+,23?,25?;20-,21+,22?,24?;17-,18+,19?;;;. The number of aromatic carboxylic acids is 1. The molecule has 2 amide bonds. The van der Waals surface area contributed by atoms with E-state index in [2.05, 4.69) is 45.0 Å². The van der Waals surface area contributed by atoms with Gasteiger partial charge in [-0.15, -0.1) is 24.8 Å². The van der Waals surface area contributed by atoms with Crippen LogP contribution in [0.2, 0.25) is 0 Å². The molecule has 6 aromatic rings. The molecule has 6 saturated heterocycles. The topological polar surface area (TPSA) is 326 Å². The van der Waals surface area contributed by atoms with Crippen LogP contribution in [0.15, 0.2) is 87.2 Å². The van der Waals surface area contributed by atoms with Crippen molar-refractivity contribution in [3.63, 3.8) is 0 Å². The van der Waals surface area contributed by atoms with Gasteiger partial charge in [0.2, 0.25) is 5.69 Å². The highest BCUT2D eigenvalue weighted by molar-refractivity contribution is 7.99. The Morgan fingerprint density at radius 1 is 0.395 bits per heavy atom. The zero-order chi connectivity index (χ0) is 82.7. The highest BCUT2D eigenvalue weighted by atomic mass is 35.5. The van der Waals surface area contributed by atoms with Gasteiger partial charge in [0, 0.05) is 72.5 Å². The Labute approximate surface area is 725 Å². The molecule has 654 valence electrons. The Kier molecular flexibility index (Phi) is 36.7. The Bertz CT molecular complexity index is 4510. The molecule has 15 rings (SSSR count). The Morgan fingerprint density at radius 2 is 0.672 bits per heavy atom. The zero-order valence-electron chi connectivity index (χ0n) is 70.2. The summed E-state index contributed by atoms with van der Waals surface area (Å²) in [5, 5.41) is 24.4. The minimum atomic E-state index is -1.24. The molecule has 6 unspecified atom stereocenters. The molecular formula is C89H128Cl2N12O13S3. The van der Waals surface area contributed by atoms with E-state index in [-0.39, 0.29) is 78.0 Å². The van der Waals surface area contributed by atoms with Crippen LogP contribution in [-0.4, -0.2) is 212 Å². The number of benzene rings is 3. The van der Waals surface area contributed by atoms with E-state index in [1.807, 2.05) is 90.1 Å². The fourth-order valence-corrected chi connectivity index (χ4v) is 22.7. The van der Waals surface area contributed by atoms with Crippen molar-refractivity contribution in [1.82, 2.24) is 54.0 Å². The molecule has 3 saturated carbocycles. The quantitative estimate of drug-likeness (QED) is 0.0372. The molecule has 119 heavy (non-hydrogen) atoms. The zero-order valence-corrected chi connectivity index (χ0v) is 74.3. The lowest BCUT2D eigenvalue weighted by Gasteiger charge is -2.45. The van der Waals surface area contributed by atoms with Crippen LogP contribution in [-0.2, 0) is 23.9 Å². The van der Waals surface area contributed by atoms with Crippen molar-refractivity contribution in [3.8, 4) is 0 Å². The van der Waals surface area contributed by atoms with Crippen LogP contribution in [0.1, 0.15) is 281 Å². The maximum absolute atomic E-state index is 14.0. The number of amides is 2. The SMILES string of the molecule is COC(=O)C(CCSC)NC(=O)c1nc2ccccc2n(C2C[C@H]3CC[C@@H](C2)N3C2CCCCCCC2)c1=O.COC(=O)C(N)CCSC.CSCCC(NC(=O)c1nc2ccccc2n(C2C[C@H]3CC[C@@H](C2)N3C2CCCCCCC2)c1=O)C(=O)O.Cl.Cl.O=C(O)c1nc2ccccc2n(C2C[C@H]3CC[C@@H](C2)N3C2CCCCCCC2)c1=O. The smallest absolute Gasteiger partial charge is 0.360 e. The number of halogens is 2. The van der Waals surface area contributed by atoms with Crippen LogP contribution in [0.3, 0.4) is 0 Å². The number of esters is 2. The lowest BCUT2D eigenvalue weighted by molar-refractivity contribution is -0.143. The van der Waals surface area contributed by atoms with E-state index < -0.39 is 59.0 Å². The molecular weight excluding hydrogens is 1610 g/mol. The number of piperidine rings is 3. The lowest BCUT2D eigenvalue weighted by Crippen LogP contribution is -2.50. The molecule has 6 bridgehead atoms. The van der Waals surface area contributed by atoms with Crippen LogP contribution in [0, 0.1) is 0 Å². The first-order chi connectivity index (χ1) is 56.8. The number of nitrogens with zero attached hydrogens (tertiary/aromatic N) is 9. The summed E-state index contributed by atoms with van der Waals surface area (Å²) < 4.78 is 14.7. The molecule has 9 heterocycles. The molecule has 30 heteroatoms. The summed E-state index contributed by atoms with van der Waals surface area (Å²) in [5.74, 6) is -2.35. The van der Waals surface area contributed by atoms with E-state index in [4.69, 9.17) is 10.5 Å². The summed E-state index contributed by atoms with van der Waals surface area (Å²) in [7, 11) is 2.65. The second-order valence-corrected chi connectivity index (χ2v) is 36.9. The third-order valence-electron chi connectivity index (χ3n) is 26.6. The number of aliphatic carboxylic acids is 1. The molecule has 3 aromatic heterocycles. The van der Waals surface area contributed by atoms with Gasteiger partial charge in [0.1, 0.15) is 18.1 Å². The molecule has 3 aromatic carbocycles. The van der Waals surface area contributed by atoms with Crippen molar-refractivity contribution in [2.75, 3.05) is 50.2 Å². The fourth-order valence-electron chi connectivity index (χ4n) is 21.2. The van der Waals surface area contributed by atoms with Gasteiger partial charge in [-0.05, 0) is 207 Å². The van der Waals surface area contributed by atoms with Gasteiger partial charge < -0.3 is 49.8 Å². The Morgan fingerprint density at radius 3 is 0.975 bits per heavy atom. The average Bonchev–Trinajstić information content (AvgIpc) is 1.40. The predicted octanol–water partition coefficient (Wildman–Crippen LogP) is 14.8. The summed E-state index contributed by atoms with van der Waals surface area (Å²) in [6, 6.07) is 25.1. The number of hydrogen-bond acceptors (Lipinski definition) is 21. The molecule has 0 radical (unpaired) electrons. The van der Waals surface area contributed by atoms with Gasteiger partial charge in [-0.1, -0.05) is 133 Å². The first-order valence-electron chi connectivity index (χ1n) is 43.7. The van der Waals surface area contributed by atoms with Crippen LogP contribution in [0.4, 0.5) is 0 Å². The number of carbonyl (C=O) groups excluding carboxylic acids is 4. The number of fused-ring (bicyclic) bond motifs is 9. The number of nitrogens with two attached hydrogens (primary N) is 1. The van der Waals surface area contributed by atoms with E-state index in [0.29, 0.717) is 95.3 Å². The summed E-state index contributed by atoms with van der Waals surface area (Å²) in [6.07, 6.45) is 47.6. The maximum Gasteiger partial charge on any atom is 0.360 e. The second-order valence-electron chi connectivity index (χ2n) is 33.9. The number of carbonyl (C=O) groups is 6. The summed E-state index contributed by atoms with van der Waals surface area (Å²) >= 11 is 4.77. The van der Waals surface area contributed by atoms with E-state index in [9.17, 15) is 53.4 Å². The number of carboxylic acid groups (broad SMARTS) is 2. The summed E-state index contributed by atoms with van der Waals surface area (Å²) in [5.41, 5.74) is 7.53. The van der Waals surface area contributed by atoms with Gasteiger partial charge in [0.15, 0.2) is 11.4 Å². The number of para-hydroxylation sites is 6. The van der Waals surface area contributed by atoms with Crippen LogP contribution in [0.5, 0.6) is 0 Å². The molecule has 25 nitrogen and oxygen atoms in total. The summed E-state index contributed by atoms with van der Waals surface area (Å²) in [6.45, 7) is 0. The van der Waals surface area contributed by atoms with Crippen molar-refractivity contribution in [2.45, 2.75) is 322 Å². The van der Waals surface area contributed by atoms with E-state index in [1.54, 1.807) is 38.7 Å². The predicted molar refractivity (Wildman–Crippen MR) is 480 cm³/mol. The van der Waals surface area contributed by atoms with Gasteiger partial charge in [0.25, 0.3) is 28.5 Å². The largest absolute Gasteiger partial charge is 0.480 e. The Hall–Kier alpha value is -6.63. The number of thioether (sulfide) groups is 3. The number of rotatable bonds is 23. The third kappa shape index (κ3) is 23.3. The number of aromatic nitrogens is 6. The maximum atomic E-state index is 14.0. The lowest BCUT2D eigenvalue weighted by atomic mass is 9.89. The molecule has 0 spiro atoms. The number of carboxylic acids is 2. The first kappa shape index (κ1) is 94.6. The monoisotopic (exact) mass is 1740 g/mol. The molecule has 6 aliphatic heterocycles. The highest BCUT2D eigenvalue weighted by Gasteiger charge is 2.48. The van der Waals surface area contributed by atoms with Gasteiger partial charge in [-0.2, -0.15) is 35.3 Å². The first-order valence-corrected chi connectivity index (χ1v) is 47.8. The molecule has 3 aliphatic carbocycles. The van der Waals surface area contributed by atoms with Gasteiger partial charge in [0.05, 0.1) is 47.3 Å². The molecule has 12 atom stereocenters. The van der Waals surface area contributed by atoms with Gasteiger partial charge >= 0.3 is 23.9 Å². The van der Waals surface area contributed by atoms with Crippen LogP contribution in [0.25, 0.3) is 33.1 Å². The van der Waals surface area contributed by atoms with Crippen molar-refractivity contribution in [3.05, 3.63) is 121 Å². The van der Waals surface area contributed by atoms with Crippen molar-refractivity contribution < 1.29 is 48.5 Å². The molecule has 9 aliphatic rings. The third-order valence-corrected chi connectivity index (χ3v) is 28.6. The molecule has 9 fully saturated rings. The van der Waals surface area contributed by atoms with Crippen LogP contribution < -0.4 is 33.0 Å². The minimum Gasteiger partial charge on any atom is -0.480 e. The van der Waals surface area contributed by atoms with Gasteiger partial charge in [-0.25, -0.2) is 29.3 Å². The summed E-state index contributed by atoms with van der Waals surface area (Å²) in [4.78, 5) is 135. The van der Waals surface area contributed by atoms with Crippen molar-refractivity contribution in [1.29, 1.82) is 0 Å². The normalized spacial score (nSPS) is 24.6. The highest BCUT2D eigenvalue weighted by Crippen LogP contribution is 2.48.